The highest BCUT2D eigenvalue weighted by atomic mass is 16.6. The van der Waals surface area contributed by atoms with Crippen molar-refractivity contribution in [3.63, 3.8) is 0 Å². The molecule has 1 atom stereocenters. The minimum atomic E-state index is -0.783. The second kappa shape index (κ2) is 52.5. The highest BCUT2D eigenvalue weighted by Crippen LogP contribution is 2.15. The Balaban J connectivity index is 4.34. The normalized spacial score (nSPS) is 12.6. The third-order valence-corrected chi connectivity index (χ3v) is 11.4. The van der Waals surface area contributed by atoms with Crippen LogP contribution < -0.4 is 0 Å². The number of carbonyl (C=O) groups is 3. The number of rotatable bonds is 48. The van der Waals surface area contributed by atoms with Crippen molar-refractivity contribution in [2.45, 2.75) is 264 Å². The predicted molar refractivity (Wildman–Crippen MR) is 274 cm³/mol. The lowest BCUT2D eigenvalue weighted by atomic mass is 10.1. The molecule has 368 valence electrons. The molecule has 0 saturated carbocycles. The molecule has 0 aromatic carbocycles. The SMILES string of the molecule is CC/C=C\C/C=C\C/C=C\C/C=C\CCCCCCCCCCC(=O)OCC(COC(=O)CCCCCCCCCCCC)OC(=O)CCCCCCC/C=C\C/C=C\CCCCC. The summed E-state index contributed by atoms with van der Waals surface area (Å²) < 4.78 is 16.8. The Labute approximate surface area is 395 Å². The van der Waals surface area contributed by atoms with E-state index in [0.29, 0.717) is 19.3 Å². The van der Waals surface area contributed by atoms with Gasteiger partial charge in [-0.3, -0.25) is 14.4 Å². The van der Waals surface area contributed by atoms with E-state index in [1.165, 1.54) is 103 Å². The van der Waals surface area contributed by atoms with E-state index in [2.05, 4.69) is 93.7 Å². The molecule has 0 bridgehead atoms. The molecule has 0 aromatic heterocycles. The highest BCUT2D eigenvalue weighted by molar-refractivity contribution is 5.71. The van der Waals surface area contributed by atoms with Gasteiger partial charge in [0.2, 0.25) is 0 Å². The van der Waals surface area contributed by atoms with E-state index in [4.69, 9.17) is 14.2 Å². The smallest absolute Gasteiger partial charge is 0.306 e. The number of esters is 3. The van der Waals surface area contributed by atoms with Crippen molar-refractivity contribution in [2.24, 2.45) is 0 Å². The molecular formula is C58H100O6. The van der Waals surface area contributed by atoms with E-state index in [0.717, 1.165) is 116 Å². The zero-order valence-electron chi connectivity index (χ0n) is 42.0. The fourth-order valence-electron chi connectivity index (χ4n) is 7.40. The van der Waals surface area contributed by atoms with Gasteiger partial charge in [-0.2, -0.15) is 0 Å². The summed E-state index contributed by atoms with van der Waals surface area (Å²) in [6.45, 7) is 6.48. The van der Waals surface area contributed by atoms with Crippen LogP contribution in [0.2, 0.25) is 0 Å². The summed E-state index contributed by atoms with van der Waals surface area (Å²) in [7, 11) is 0. The first-order chi connectivity index (χ1) is 31.5. The van der Waals surface area contributed by atoms with Crippen LogP contribution in [-0.2, 0) is 28.6 Å². The van der Waals surface area contributed by atoms with E-state index in [9.17, 15) is 14.4 Å². The average Bonchev–Trinajstić information content (AvgIpc) is 3.29. The molecule has 6 nitrogen and oxygen atoms in total. The first kappa shape index (κ1) is 60.9. The Morgan fingerprint density at radius 3 is 0.984 bits per heavy atom. The van der Waals surface area contributed by atoms with Crippen molar-refractivity contribution in [3.05, 3.63) is 72.9 Å². The number of unbranched alkanes of at least 4 members (excludes halogenated alkanes) is 25. The molecule has 0 saturated heterocycles. The Morgan fingerprint density at radius 1 is 0.328 bits per heavy atom. The van der Waals surface area contributed by atoms with Gasteiger partial charge in [-0.05, 0) is 89.9 Å². The molecule has 0 aromatic rings. The molecule has 0 aliphatic heterocycles. The standard InChI is InChI=1S/C58H100O6/c1-4-7-10-13-16-19-22-24-26-27-28-29-30-31-33-34-36-39-42-45-48-51-57(60)63-54-55(53-62-56(59)50-47-44-41-38-21-18-15-12-9-6-3)64-58(61)52-49-46-43-40-37-35-32-25-23-20-17-14-11-8-5-2/h7,10,16-17,19-20,24-26,28-29,32,55H,4-6,8-9,11-15,18,21-23,27,30-31,33-54H2,1-3H3/b10-7-,19-16-,20-17-,26-24-,29-28-,32-25-. The molecule has 0 amide bonds. The molecule has 0 heterocycles. The van der Waals surface area contributed by atoms with Gasteiger partial charge in [-0.15, -0.1) is 0 Å². The van der Waals surface area contributed by atoms with Crippen molar-refractivity contribution < 1.29 is 28.6 Å². The third kappa shape index (κ3) is 49.9. The van der Waals surface area contributed by atoms with Crippen LogP contribution in [0.15, 0.2) is 72.9 Å². The van der Waals surface area contributed by atoms with Gasteiger partial charge in [-0.25, -0.2) is 0 Å². The van der Waals surface area contributed by atoms with Crippen molar-refractivity contribution in [1.82, 2.24) is 0 Å². The van der Waals surface area contributed by atoms with E-state index in [1.807, 2.05) is 0 Å². The molecule has 1 unspecified atom stereocenters. The predicted octanol–water partition coefficient (Wildman–Crippen LogP) is 17.8. The van der Waals surface area contributed by atoms with Gasteiger partial charge in [0, 0.05) is 19.3 Å². The summed E-state index contributed by atoms with van der Waals surface area (Å²) >= 11 is 0. The molecule has 0 N–H and O–H groups in total. The van der Waals surface area contributed by atoms with Gasteiger partial charge in [0.1, 0.15) is 13.2 Å². The molecule has 0 fully saturated rings. The van der Waals surface area contributed by atoms with Crippen LogP contribution in [0.25, 0.3) is 0 Å². The van der Waals surface area contributed by atoms with Gasteiger partial charge in [0.25, 0.3) is 0 Å². The molecule has 64 heavy (non-hydrogen) atoms. The lowest BCUT2D eigenvalue weighted by molar-refractivity contribution is -0.167. The van der Waals surface area contributed by atoms with E-state index in [-0.39, 0.29) is 31.1 Å². The van der Waals surface area contributed by atoms with Crippen LogP contribution in [0.4, 0.5) is 0 Å². The quantitative estimate of drug-likeness (QED) is 0.0262. The number of hydrogen-bond acceptors (Lipinski definition) is 6. The molecule has 0 spiro atoms. The monoisotopic (exact) mass is 893 g/mol. The van der Waals surface area contributed by atoms with Crippen LogP contribution in [0.5, 0.6) is 0 Å². The summed E-state index contributed by atoms with van der Waals surface area (Å²) in [6, 6.07) is 0. The topological polar surface area (TPSA) is 78.9 Å². The van der Waals surface area contributed by atoms with Crippen LogP contribution in [0.1, 0.15) is 258 Å². The van der Waals surface area contributed by atoms with Gasteiger partial charge in [-0.1, -0.05) is 222 Å². The Hall–Kier alpha value is -3.15. The largest absolute Gasteiger partial charge is 0.462 e. The maximum Gasteiger partial charge on any atom is 0.306 e. The maximum absolute atomic E-state index is 12.8. The van der Waals surface area contributed by atoms with Crippen molar-refractivity contribution in [2.75, 3.05) is 13.2 Å². The molecule has 0 aliphatic carbocycles. The molecule has 0 aliphatic rings. The fourth-order valence-corrected chi connectivity index (χ4v) is 7.40. The summed E-state index contributed by atoms with van der Waals surface area (Å²) in [5.74, 6) is -0.902. The molecule has 0 radical (unpaired) electrons. The maximum atomic E-state index is 12.8. The highest BCUT2D eigenvalue weighted by Gasteiger charge is 2.19. The van der Waals surface area contributed by atoms with Gasteiger partial charge < -0.3 is 14.2 Å². The van der Waals surface area contributed by atoms with Crippen molar-refractivity contribution in [1.29, 1.82) is 0 Å². The number of allylic oxidation sites excluding steroid dienone is 12. The van der Waals surface area contributed by atoms with Crippen molar-refractivity contribution >= 4 is 17.9 Å². The lowest BCUT2D eigenvalue weighted by Crippen LogP contribution is -2.30. The van der Waals surface area contributed by atoms with Gasteiger partial charge >= 0.3 is 17.9 Å². The Kier molecular flexibility index (Phi) is 49.9. The first-order valence-corrected chi connectivity index (χ1v) is 26.9. The summed E-state index contributed by atoms with van der Waals surface area (Å²) in [5, 5.41) is 0. The second-order valence-corrected chi connectivity index (χ2v) is 17.8. The average molecular weight is 893 g/mol. The number of ether oxygens (including phenoxy) is 3. The minimum Gasteiger partial charge on any atom is -0.462 e. The van der Waals surface area contributed by atoms with Gasteiger partial charge in [0.15, 0.2) is 6.10 Å². The zero-order valence-corrected chi connectivity index (χ0v) is 42.0. The molecular weight excluding hydrogens is 793 g/mol. The van der Waals surface area contributed by atoms with Crippen LogP contribution in [0.3, 0.4) is 0 Å². The Morgan fingerprint density at radius 2 is 0.609 bits per heavy atom. The molecule has 6 heteroatoms. The van der Waals surface area contributed by atoms with E-state index < -0.39 is 6.10 Å². The number of hydrogen-bond donors (Lipinski definition) is 0. The summed E-state index contributed by atoms with van der Waals surface area (Å²) in [5.41, 5.74) is 0. The minimum absolute atomic E-state index is 0.0821. The summed E-state index contributed by atoms with van der Waals surface area (Å²) in [6.07, 6.45) is 66.0. The number of carbonyl (C=O) groups excluding carboxylic acids is 3. The zero-order chi connectivity index (χ0) is 46.5. The Bertz CT molecular complexity index is 1210. The fraction of sp³-hybridized carbons (Fsp3) is 0.741. The van der Waals surface area contributed by atoms with Crippen LogP contribution >= 0.6 is 0 Å². The van der Waals surface area contributed by atoms with E-state index >= 15 is 0 Å². The van der Waals surface area contributed by atoms with E-state index in [1.54, 1.807) is 0 Å². The lowest BCUT2D eigenvalue weighted by Gasteiger charge is -2.18. The van der Waals surface area contributed by atoms with Gasteiger partial charge in [0.05, 0.1) is 0 Å². The third-order valence-electron chi connectivity index (χ3n) is 11.4. The van der Waals surface area contributed by atoms with Crippen molar-refractivity contribution in [3.8, 4) is 0 Å². The van der Waals surface area contributed by atoms with Crippen LogP contribution in [-0.4, -0.2) is 37.2 Å². The summed E-state index contributed by atoms with van der Waals surface area (Å²) in [4.78, 5) is 38.0. The van der Waals surface area contributed by atoms with Crippen LogP contribution in [0, 0.1) is 0 Å². The second-order valence-electron chi connectivity index (χ2n) is 17.8. The molecule has 0 rings (SSSR count). The first-order valence-electron chi connectivity index (χ1n) is 26.9.